The molecule has 1 aromatic carbocycles. The molecular weight excluding hydrogens is 256 g/mol. The molecule has 0 aliphatic rings. The van der Waals surface area contributed by atoms with Crippen molar-refractivity contribution in [2.75, 3.05) is 18.0 Å². The molecule has 0 radical (unpaired) electrons. The number of carbonyl (C=O) groups excluding carboxylic acids is 1. The molecule has 102 valence electrons. The predicted molar refractivity (Wildman–Crippen MR) is 76.1 cm³/mol. The van der Waals surface area contributed by atoms with E-state index >= 15 is 0 Å². The summed E-state index contributed by atoms with van der Waals surface area (Å²) in [6.45, 7) is 5.70. The number of aldehydes is 1. The number of nitrogens with zero attached hydrogens (tertiary/aromatic N) is 2. The summed E-state index contributed by atoms with van der Waals surface area (Å²) in [5, 5.41) is 9.62. The Balaban J connectivity index is 2.76. The maximum atomic E-state index is 11.7. The third-order valence-electron chi connectivity index (χ3n) is 3.28. The van der Waals surface area contributed by atoms with Crippen molar-refractivity contribution in [1.29, 1.82) is 5.26 Å². The Labute approximate surface area is 116 Å². The molecule has 0 N–H and O–H groups in total. The van der Waals surface area contributed by atoms with Gasteiger partial charge in [-0.15, -0.1) is 0 Å². The first-order valence-electron chi connectivity index (χ1n) is 6.37. The van der Waals surface area contributed by atoms with Crippen LogP contribution in [-0.4, -0.2) is 19.4 Å². The van der Waals surface area contributed by atoms with Crippen molar-refractivity contribution >= 4 is 22.9 Å². The lowest BCUT2D eigenvalue weighted by molar-refractivity contribution is 0.112. The minimum atomic E-state index is -0.777. The lowest BCUT2D eigenvalue weighted by Crippen LogP contribution is -2.21. The molecule has 0 aliphatic carbocycles. The molecule has 2 rings (SSSR count). The van der Waals surface area contributed by atoms with Gasteiger partial charge >= 0.3 is 5.63 Å². The van der Waals surface area contributed by atoms with E-state index in [1.165, 1.54) is 0 Å². The minimum Gasteiger partial charge on any atom is -0.422 e. The second-order valence-corrected chi connectivity index (χ2v) is 4.26. The van der Waals surface area contributed by atoms with Crippen LogP contribution in [0.25, 0.3) is 11.0 Å². The molecule has 20 heavy (non-hydrogen) atoms. The van der Waals surface area contributed by atoms with E-state index < -0.39 is 5.63 Å². The Hall–Kier alpha value is -2.61. The summed E-state index contributed by atoms with van der Waals surface area (Å²) in [6.07, 6.45) is 0.363. The topological polar surface area (TPSA) is 74.3 Å². The van der Waals surface area contributed by atoms with Crippen molar-refractivity contribution in [2.45, 2.75) is 13.8 Å². The van der Waals surface area contributed by atoms with Crippen LogP contribution in [0.3, 0.4) is 0 Å². The van der Waals surface area contributed by atoms with Gasteiger partial charge in [0.2, 0.25) is 0 Å². The standard InChI is InChI=1S/C15H14N2O3/c1-3-17(4-2)10-5-6-11-12(8-16)13(9-18)15(19)20-14(11)7-10/h5-7,9H,3-4H2,1-2H3. The predicted octanol–water partition coefficient (Wildman–Crippen LogP) is 2.32. The number of carbonyl (C=O) groups is 1. The first-order chi connectivity index (χ1) is 9.65. The van der Waals surface area contributed by atoms with Crippen LogP contribution in [0.5, 0.6) is 0 Å². The number of anilines is 1. The second kappa shape index (κ2) is 5.57. The van der Waals surface area contributed by atoms with Crippen LogP contribution in [0.4, 0.5) is 5.69 Å². The molecule has 0 bridgehead atoms. The fourth-order valence-electron chi connectivity index (χ4n) is 2.22. The maximum absolute atomic E-state index is 11.7. The zero-order valence-corrected chi connectivity index (χ0v) is 11.3. The number of nitriles is 1. The van der Waals surface area contributed by atoms with Crippen LogP contribution >= 0.6 is 0 Å². The van der Waals surface area contributed by atoms with E-state index in [2.05, 4.69) is 4.90 Å². The second-order valence-electron chi connectivity index (χ2n) is 4.26. The summed E-state index contributed by atoms with van der Waals surface area (Å²) in [5.74, 6) is 0. The molecule has 0 amide bonds. The van der Waals surface area contributed by atoms with E-state index in [1.807, 2.05) is 26.0 Å². The molecule has 2 aromatic rings. The highest BCUT2D eigenvalue weighted by Crippen LogP contribution is 2.24. The summed E-state index contributed by atoms with van der Waals surface area (Å²) < 4.78 is 5.14. The zero-order chi connectivity index (χ0) is 14.7. The minimum absolute atomic E-state index is 0.0670. The molecular formula is C15H14N2O3. The van der Waals surface area contributed by atoms with Gasteiger partial charge in [0.05, 0.1) is 5.56 Å². The molecule has 0 spiro atoms. The third-order valence-corrected chi connectivity index (χ3v) is 3.28. The maximum Gasteiger partial charge on any atom is 0.348 e. The molecule has 1 aromatic heterocycles. The summed E-state index contributed by atoms with van der Waals surface area (Å²) in [6, 6.07) is 7.18. The fourth-order valence-corrected chi connectivity index (χ4v) is 2.22. The van der Waals surface area contributed by atoms with E-state index in [4.69, 9.17) is 9.68 Å². The average molecular weight is 270 g/mol. The van der Waals surface area contributed by atoms with Gasteiger partial charge < -0.3 is 9.32 Å². The third kappa shape index (κ3) is 2.16. The van der Waals surface area contributed by atoms with Crippen molar-refractivity contribution in [2.24, 2.45) is 0 Å². The highest BCUT2D eigenvalue weighted by atomic mass is 16.4. The van der Waals surface area contributed by atoms with Crippen LogP contribution in [0.1, 0.15) is 29.8 Å². The van der Waals surface area contributed by atoms with Gasteiger partial charge in [-0.3, -0.25) is 4.79 Å². The molecule has 0 unspecified atom stereocenters. The number of benzene rings is 1. The monoisotopic (exact) mass is 270 g/mol. The van der Waals surface area contributed by atoms with Gasteiger partial charge in [0.15, 0.2) is 6.29 Å². The van der Waals surface area contributed by atoms with E-state index in [9.17, 15) is 9.59 Å². The summed E-state index contributed by atoms with van der Waals surface area (Å²) in [7, 11) is 0. The average Bonchev–Trinajstić information content (AvgIpc) is 2.46. The molecule has 0 saturated carbocycles. The Bertz CT molecular complexity index is 752. The largest absolute Gasteiger partial charge is 0.422 e. The van der Waals surface area contributed by atoms with Gasteiger partial charge in [0.1, 0.15) is 17.2 Å². The van der Waals surface area contributed by atoms with Gasteiger partial charge in [-0.05, 0) is 26.0 Å². The molecule has 5 nitrogen and oxygen atoms in total. The number of hydrogen-bond acceptors (Lipinski definition) is 5. The highest BCUT2D eigenvalue weighted by molar-refractivity contribution is 5.92. The van der Waals surface area contributed by atoms with E-state index in [1.54, 1.807) is 12.1 Å². The number of hydrogen-bond donors (Lipinski definition) is 0. The van der Waals surface area contributed by atoms with Crippen molar-refractivity contribution in [3.63, 3.8) is 0 Å². The van der Waals surface area contributed by atoms with E-state index in [0.717, 1.165) is 18.8 Å². The Kier molecular flexibility index (Phi) is 3.85. The van der Waals surface area contributed by atoms with Crippen LogP contribution in [-0.2, 0) is 0 Å². The van der Waals surface area contributed by atoms with Crippen molar-refractivity contribution in [1.82, 2.24) is 0 Å². The summed E-state index contributed by atoms with van der Waals surface area (Å²) in [5.41, 5.74) is 0.295. The van der Waals surface area contributed by atoms with Crippen LogP contribution in [0.2, 0.25) is 0 Å². The fraction of sp³-hybridized carbons (Fsp3) is 0.267. The van der Waals surface area contributed by atoms with Gasteiger partial charge in [-0.1, -0.05) is 0 Å². The molecule has 0 saturated heterocycles. The first kappa shape index (κ1) is 13.8. The quantitative estimate of drug-likeness (QED) is 0.629. The number of fused-ring (bicyclic) bond motifs is 1. The van der Waals surface area contributed by atoms with Crippen molar-refractivity contribution in [3.8, 4) is 6.07 Å². The Morgan fingerprint density at radius 1 is 1.35 bits per heavy atom. The smallest absolute Gasteiger partial charge is 0.348 e. The van der Waals surface area contributed by atoms with Crippen LogP contribution < -0.4 is 10.5 Å². The van der Waals surface area contributed by atoms with Gasteiger partial charge in [-0.2, -0.15) is 5.26 Å². The highest BCUT2D eigenvalue weighted by Gasteiger charge is 2.14. The SMILES string of the molecule is CCN(CC)c1ccc2c(C#N)c(C=O)c(=O)oc2c1. The molecule has 5 heteroatoms. The van der Waals surface area contributed by atoms with Gasteiger partial charge in [0, 0.05) is 30.2 Å². The van der Waals surface area contributed by atoms with Crippen molar-refractivity contribution < 1.29 is 9.21 Å². The normalized spacial score (nSPS) is 10.2. The lowest BCUT2D eigenvalue weighted by atomic mass is 10.1. The Morgan fingerprint density at radius 3 is 2.60 bits per heavy atom. The molecule has 1 heterocycles. The first-order valence-corrected chi connectivity index (χ1v) is 6.37. The van der Waals surface area contributed by atoms with Gasteiger partial charge in [0.25, 0.3) is 0 Å². The molecule has 0 fully saturated rings. The van der Waals surface area contributed by atoms with Crippen molar-refractivity contribution in [3.05, 3.63) is 39.7 Å². The van der Waals surface area contributed by atoms with Crippen LogP contribution in [0, 0.1) is 11.3 Å². The zero-order valence-electron chi connectivity index (χ0n) is 11.3. The van der Waals surface area contributed by atoms with Crippen LogP contribution in [0.15, 0.2) is 27.4 Å². The summed E-state index contributed by atoms with van der Waals surface area (Å²) in [4.78, 5) is 24.7. The van der Waals surface area contributed by atoms with Gasteiger partial charge in [-0.25, -0.2) is 4.79 Å². The molecule has 0 aliphatic heterocycles. The number of rotatable bonds is 4. The lowest BCUT2D eigenvalue weighted by Gasteiger charge is -2.21. The summed E-state index contributed by atoms with van der Waals surface area (Å²) >= 11 is 0. The van der Waals surface area contributed by atoms with E-state index in [-0.39, 0.29) is 11.1 Å². The van der Waals surface area contributed by atoms with E-state index in [0.29, 0.717) is 17.3 Å². The Morgan fingerprint density at radius 2 is 2.05 bits per heavy atom. The molecule has 0 atom stereocenters.